The molecule has 0 radical (unpaired) electrons. The maximum Gasteiger partial charge on any atom is 0.162 e. The molecule has 0 spiro atoms. The van der Waals surface area contributed by atoms with Crippen LogP contribution >= 0.6 is 0 Å². The molecule has 0 saturated heterocycles. The highest BCUT2D eigenvalue weighted by molar-refractivity contribution is 6.05. The third kappa shape index (κ3) is 3.59. The van der Waals surface area contributed by atoms with Gasteiger partial charge >= 0.3 is 0 Å². The molecule has 1 aliphatic heterocycles. The summed E-state index contributed by atoms with van der Waals surface area (Å²) in [5.74, 6) is 0.259. The topological polar surface area (TPSA) is 62.4 Å². The number of benzene rings is 2. The lowest BCUT2D eigenvalue weighted by atomic mass is 9.69. The standard InChI is InChI=1S/C23H30N4/c1-2-23(24)26-20-14-8-7-13-19(20)21(27-23)25-17-22(15-9-4-10-16-22)18-11-5-3-6-12-18/h3,5-8,11-14,26H,2,4,9-10,15-17,24H2,1H3,(H,25,27). The van der Waals surface area contributed by atoms with Crippen molar-refractivity contribution in [3.05, 3.63) is 65.7 Å². The van der Waals surface area contributed by atoms with Crippen molar-refractivity contribution in [2.45, 2.75) is 56.7 Å². The Kier molecular flexibility index (Phi) is 4.92. The summed E-state index contributed by atoms with van der Waals surface area (Å²) in [6.45, 7) is 2.88. The number of hydrogen-bond donors (Lipinski definition) is 3. The van der Waals surface area contributed by atoms with E-state index in [2.05, 4.69) is 66.1 Å². The zero-order valence-corrected chi connectivity index (χ0v) is 16.2. The molecule has 2 aliphatic rings. The van der Waals surface area contributed by atoms with Gasteiger partial charge in [0, 0.05) is 23.1 Å². The summed E-state index contributed by atoms with van der Waals surface area (Å²) in [7, 11) is 0. The Hall–Kier alpha value is -2.33. The van der Waals surface area contributed by atoms with Crippen LogP contribution in [-0.2, 0) is 5.41 Å². The van der Waals surface area contributed by atoms with Crippen molar-refractivity contribution in [2.24, 2.45) is 10.7 Å². The summed E-state index contributed by atoms with van der Waals surface area (Å²) < 4.78 is 0. The van der Waals surface area contributed by atoms with Crippen LogP contribution in [0, 0.1) is 0 Å². The molecule has 4 heteroatoms. The van der Waals surface area contributed by atoms with E-state index < -0.39 is 5.79 Å². The predicted molar refractivity (Wildman–Crippen MR) is 113 cm³/mol. The maximum absolute atomic E-state index is 6.51. The molecular formula is C23H30N4. The molecule has 2 aromatic rings. The summed E-state index contributed by atoms with van der Waals surface area (Å²) in [6, 6.07) is 19.2. The van der Waals surface area contributed by atoms with Gasteiger partial charge in [0.1, 0.15) is 5.84 Å². The fourth-order valence-corrected chi connectivity index (χ4v) is 4.44. The molecule has 27 heavy (non-hydrogen) atoms. The second-order valence-corrected chi connectivity index (χ2v) is 7.99. The van der Waals surface area contributed by atoms with E-state index in [4.69, 9.17) is 10.7 Å². The molecule has 142 valence electrons. The highest BCUT2D eigenvalue weighted by Crippen LogP contribution is 2.40. The van der Waals surface area contributed by atoms with Gasteiger partial charge in [0.05, 0.1) is 6.54 Å². The van der Waals surface area contributed by atoms with Crippen molar-refractivity contribution >= 4 is 11.5 Å². The number of amidine groups is 1. The number of aliphatic imine (C=N–C) groups is 1. The average molecular weight is 363 g/mol. The molecule has 1 atom stereocenters. The second-order valence-electron chi connectivity index (χ2n) is 7.99. The van der Waals surface area contributed by atoms with E-state index in [9.17, 15) is 0 Å². The van der Waals surface area contributed by atoms with Crippen LogP contribution < -0.4 is 16.4 Å². The second kappa shape index (κ2) is 7.35. The zero-order valence-electron chi connectivity index (χ0n) is 16.2. The first-order chi connectivity index (χ1) is 13.1. The molecular weight excluding hydrogens is 332 g/mol. The van der Waals surface area contributed by atoms with E-state index in [1.54, 1.807) is 0 Å². The van der Waals surface area contributed by atoms with E-state index in [1.165, 1.54) is 37.7 Å². The molecule has 1 unspecified atom stereocenters. The van der Waals surface area contributed by atoms with Gasteiger partial charge in [-0.3, -0.25) is 10.7 Å². The fraction of sp³-hybridized carbons (Fsp3) is 0.435. The molecule has 4 N–H and O–H groups in total. The first kappa shape index (κ1) is 18.1. The van der Waals surface area contributed by atoms with Crippen LogP contribution in [-0.4, -0.2) is 18.2 Å². The normalized spacial score (nSPS) is 25.3. The molecule has 1 heterocycles. The lowest BCUT2D eigenvalue weighted by Gasteiger charge is -2.40. The fourth-order valence-electron chi connectivity index (χ4n) is 4.44. The highest BCUT2D eigenvalue weighted by Gasteiger charge is 2.35. The monoisotopic (exact) mass is 362 g/mol. The number of nitrogens with zero attached hydrogens (tertiary/aromatic N) is 1. The Morgan fingerprint density at radius 1 is 0.926 bits per heavy atom. The third-order valence-electron chi connectivity index (χ3n) is 6.18. The number of rotatable bonds is 4. The average Bonchev–Trinajstić information content (AvgIpc) is 2.73. The van der Waals surface area contributed by atoms with E-state index >= 15 is 0 Å². The Labute approximate surface area is 162 Å². The van der Waals surface area contributed by atoms with Crippen LogP contribution in [0.4, 0.5) is 5.69 Å². The number of hydrogen-bond acceptors (Lipinski definition) is 3. The SMILES string of the molecule is CCC1(N)NC(=NCC2(c3ccccc3)CCCCC2)c2ccccc2N1. The summed E-state index contributed by atoms with van der Waals surface area (Å²) >= 11 is 0. The summed E-state index contributed by atoms with van der Waals surface area (Å²) in [5.41, 5.74) is 10.2. The molecule has 1 saturated carbocycles. The first-order valence-corrected chi connectivity index (χ1v) is 10.2. The maximum atomic E-state index is 6.51. The van der Waals surface area contributed by atoms with Crippen LogP contribution in [0.3, 0.4) is 0 Å². The Morgan fingerprint density at radius 3 is 2.37 bits per heavy atom. The predicted octanol–water partition coefficient (Wildman–Crippen LogP) is 4.37. The number of fused-ring (bicyclic) bond motifs is 1. The van der Waals surface area contributed by atoms with Crippen molar-refractivity contribution in [3.63, 3.8) is 0 Å². The van der Waals surface area contributed by atoms with Crippen molar-refractivity contribution in [1.82, 2.24) is 5.32 Å². The molecule has 4 nitrogen and oxygen atoms in total. The lowest BCUT2D eigenvalue weighted by Crippen LogP contribution is -2.64. The molecule has 1 fully saturated rings. The Bertz CT molecular complexity index is 808. The van der Waals surface area contributed by atoms with Gasteiger partial charge in [-0.15, -0.1) is 0 Å². The van der Waals surface area contributed by atoms with Gasteiger partial charge in [-0.2, -0.15) is 0 Å². The minimum Gasteiger partial charge on any atom is -0.350 e. The quantitative estimate of drug-likeness (QED) is 0.757. The van der Waals surface area contributed by atoms with E-state index in [-0.39, 0.29) is 5.41 Å². The van der Waals surface area contributed by atoms with Crippen LogP contribution in [0.2, 0.25) is 0 Å². The van der Waals surface area contributed by atoms with Crippen LogP contribution in [0.5, 0.6) is 0 Å². The smallest absolute Gasteiger partial charge is 0.162 e. The Morgan fingerprint density at radius 2 is 1.63 bits per heavy atom. The van der Waals surface area contributed by atoms with Crippen LogP contribution in [0.15, 0.2) is 59.6 Å². The summed E-state index contributed by atoms with van der Waals surface area (Å²) in [4.78, 5) is 5.13. The zero-order chi connectivity index (χ0) is 18.7. The van der Waals surface area contributed by atoms with Crippen molar-refractivity contribution in [2.75, 3.05) is 11.9 Å². The van der Waals surface area contributed by atoms with Gasteiger partial charge < -0.3 is 10.6 Å². The molecule has 0 bridgehead atoms. The molecule has 0 aromatic heterocycles. The van der Waals surface area contributed by atoms with E-state index in [0.29, 0.717) is 0 Å². The van der Waals surface area contributed by atoms with E-state index in [1.807, 2.05) is 6.07 Å². The van der Waals surface area contributed by atoms with Gasteiger partial charge in [-0.05, 0) is 30.5 Å². The summed E-state index contributed by atoms with van der Waals surface area (Å²) in [6.07, 6.45) is 7.06. The minimum absolute atomic E-state index is 0.136. The molecule has 1 aliphatic carbocycles. The minimum atomic E-state index is -0.653. The van der Waals surface area contributed by atoms with Gasteiger partial charge in [0.2, 0.25) is 0 Å². The largest absolute Gasteiger partial charge is 0.350 e. The van der Waals surface area contributed by atoms with Crippen LogP contribution in [0.25, 0.3) is 0 Å². The molecule has 0 amide bonds. The van der Waals surface area contributed by atoms with Gasteiger partial charge in [-0.25, -0.2) is 0 Å². The molecule has 4 rings (SSSR count). The van der Waals surface area contributed by atoms with Crippen molar-refractivity contribution < 1.29 is 0 Å². The lowest BCUT2D eigenvalue weighted by molar-refractivity contribution is 0.301. The van der Waals surface area contributed by atoms with E-state index in [0.717, 1.165) is 30.1 Å². The van der Waals surface area contributed by atoms with Crippen LogP contribution in [0.1, 0.15) is 56.6 Å². The number of nitrogens with one attached hydrogen (secondary N) is 2. The third-order valence-corrected chi connectivity index (χ3v) is 6.18. The number of anilines is 1. The Balaban J connectivity index is 1.69. The number of nitrogens with two attached hydrogens (primary N) is 1. The first-order valence-electron chi connectivity index (χ1n) is 10.2. The molecule has 2 aromatic carbocycles. The number of para-hydroxylation sites is 1. The highest BCUT2D eigenvalue weighted by atomic mass is 15.3. The van der Waals surface area contributed by atoms with Crippen molar-refractivity contribution in [1.29, 1.82) is 0 Å². The van der Waals surface area contributed by atoms with Gasteiger partial charge in [0.15, 0.2) is 5.79 Å². The summed E-state index contributed by atoms with van der Waals surface area (Å²) in [5, 5.41) is 6.88. The van der Waals surface area contributed by atoms with Crippen molar-refractivity contribution in [3.8, 4) is 0 Å². The van der Waals surface area contributed by atoms with Gasteiger partial charge in [-0.1, -0.05) is 68.7 Å². The van der Waals surface area contributed by atoms with Gasteiger partial charge in [0.25, 0.3) is 0 Å².